The number of unbranched alkanes of at least 4 members (excludes halogenated alkanes) is 6. The van der Waals surface area contributed by atoms with Crippen molar-refractivity contribution in [1.29, 1.82) is 0 Å². The minimum atomic E-state index is 0.00187. The molecule has 21 heavy (non-hydrogen) atoms. The van der Waals surface area contributed by atoms with Gasteiger partial charge in [-0.15, -0.1) is 0 Å². The Bertz CT molecular complexity index is 445. The number of nitrogens with one attached hydrogen (secondary N) is 1. The number of phenolic OH excluding ortho intramolecular Hbond substituents is 2. The fourth-order valence-electron chi connectivity index (χ4n) is 3.23. The monoisotopic (exact) mass is 291 g/mol. The maximum Gasteiger partial charge on any atom is 0.157 e. The summed E-state index contributed by atoms with van der Waals surface area (Å²) < 4.78 is 0. The summed E-state index contributed by atoms with van der Waals surface area (Å²) in [5.41, 5.74) is 2.35. The van der Waals surface area contributed by atoms with Crippen molar-refractivity contribution in [2.75, 3.05) is 6.54 Å². The van der Waals surface area contributed by atoms with Crippen LogP contribution in [0.25, 0.3) is 0 Å². The van der Waals surface area contributed by atoms with Crippen molar-refractivity contribution < 1.29 is 10.2 Å². The van der Waals surface area contributed by atoms with Crippen LogP contribution < -0.4 is 5.32 Å². The van der Waals surface area contributed by atoms with E-state index in [1.165, 1.54) is 56.1 Å². The van der Waals surface area contributed by atoms with Crippen LogP contribution in [0.15, 0.2) is 12.1 Å². The van der Waals surface area contributed by atoms with Crippen molar-refractivity contribution in [1.82, 2.24) is 5.32 Å². The molecular formula is C18H29NO2. The van der Waals surface area contributed by atoms with Crippen molar-refractivity contribution in [2.45, 2.75) is 70.8 Å². The highest BCUT2D eigenvalue weighted by molar-refractivity contribution is 5.47. The third kappa shape index (κ3) is 4.63. The van der Waals surface area contributed by atoms with Crippen LogP contribution >= 0.6 is 0 Å². The quantitative estimate of drug-likeness (QED) is 0.491. The molecule has 1 aliphatic rings. The molecule has 0 saturated carbocycles. The molecule has 1 aliphatic heterocycles. The molecule has 1 atom stereocenters. The first-order chi connectivity index (χ1) is 10.2. The second kappa shape index (κ2) is 8.28. The minimum absolute atomic E-state index is 0.00187. The van der Waals surface area contributed by atoms with Crippen molar-refractivity contribution in [3.63, 3.8) is 0 Å². The van der Waals surface area contributed by atoms with E-state index < -0.39 is 0 Å². The van der Waals surface area contributed by atoms with Gasteiger partial charge in [0.1, 0.15) is 0 Å². The first kappa shape index (κ1) is 16.2. The lowest BCUT2D eigenvalue weighted by atomic mass is 9.90. The molecule has 0 bridgehead atoms. The molecule has 3 N–H and O–H groups in total. The van der Waals surface area contributed by atoms with Gasteiger partial charge in [0.2, 0.25) is 0 Å². The van der Waals surface area contributed by atoms with Gasteiger partial charge in [0.25, 0.3) is 0 Å². The molecule has 1 aromatic rings. The average molecular weight is 291 g/mol. The average Bonchev–Trinajstić information content (AvgIpc) is 2.48. The summed E-state index contributed by atoms with van der Waals surface area (Å²) in [5, 5.41) is 22.9. The predicted molar refractivity (Wildman–Crippen MR) is 86.8 cm³/mol. The molecule has 0 fully saturated rings. The fourth-order valence-corrected chi connectivity index (χ4v) is 3.23. The van der Waals surface area contributed by atoms with Crippen molar-refractivity contribution in [2.24, 2.45) is 0 Å². The molecule has 0 spiro atoms. The predicted octanol–water partition coefficient (Wildman–Crippen LogP) is 4.43. The second-order valence-corrected chi connectivity index (χ2v) is 6.21. The highest BCUT2D eigenvalue weighted by atomic mass is 16.3. The van der Waals surface area contributed by atoms with Crippen LogP contribution in [-0.2, 0) is 6.42 Å². The van der Waals surface area contributed by atoms with E-state index in [1.54, 1.807) is 12.1 Å². The lowest BCUT2D eigenvalue weighted by molar-refractivity contribution is 0.395. The van der Waals surface area contributed by atoms with Gasteiger partial charge in [-0.1, -0.05) is 51.9 Å². The van der Waals surface area contributed by atoms with E-state index in [-0.39, 0.29) is 11.5 Å². The zero-order valence-corrected chi connectivity index (χ0v) is 13.2. The Morgan fingerprint density at radius 1 is 1.00 bits per heavy atom. The van der Waals surface area contributed by atoms with Crippen LogP contribution in [0.5, 0.6) is 11.5 Å². The maximum absolute atomic E-state index is 9.71. The number of aromatic hydroxyl groups is 2. The third-order valence-corrected chi connectivity index (χ3v) is 4.49. The lowest BCUT2D eigenvalue weighted by Crippen LogP contribution is -2.29. The number of hydrogen-bond acceptors (Lipinski definition) is 3. The van der Waals surface area contributed by atoms with Crippen LogP contribution in [-0.4, -0.2) is 16.8 Å². The molecule has 118 valence electrons. The summed E-state index contributed by atoms with van der Waals surface area (Å²) in [5.74, 6) is 0.00680. The van der Waals surface area contributed by atoms with E-state index in [0.717, 1.165) is 19.4 Å². The molecule has 3 heteroatoms. The van der Waals surface area contributed by atoms with E-state index >= 15 is 0 Å². The second-order valence-electron chi connectivity index (χ2n) is 6.21. The van der Waals surface area contributed by atoms with Gasteiger partial charge in [0.15, 0.2) is 11.5 Å². The number of phenols is 2. The topological polar surface area (TPSA) is 52.5 Å². The Morgan fingerprint density at radius 3 is 2.43 bits per heavy atom. The van der Waals surface area contributed by atoms with Gasteiger partial charge < -0.3 is 15.5 Å². The van der Waals surface area contributed by atoms with E-state index in [0.29, 0.717) is 6.04 Å². The minimum Gasteiger partial charge on any atom is -0.504 e. The van der Waals surface area contributed by atoms with Gasteiger partial charge in [0, 0.05) is 6.04 Å². The van der Waals surface area contributed by atoms with Gasteiger partial charge in [-0.25, -0.2) is 0 Å². The number of hydrogen-bond donors (Lipinski definition) is 3. The first-order valence-electron chi connectivity index (χ1n) is 8.50. The number of benzene rings is 1. The van der Waals surface area contributed by atoms with E-state index in [4.69, 9.17) is 0 Å². The van der Waals surface area contributed by atoms with Crippen LogP contribution in [0.4, 0.5) is 0 Å². The molecule has 1 unspecified atom stereocenters. The van der Waals surface area contributed by atoms with Crippen molar-refractivity contribution >= 4 is 0 Å². The molecule has 3 nitrogen and oxygen atoms in total. The number of rotatable bonds is 8. The Kier molecular flexibility index (Phi) is 6.37. The van der Waals surface area contributed by atoms with Crippen molar-refractivity contribution in [3.05, 3.63) is 23.3 Å². The lowest BCUT2D eigenvalue weighted by Gasteiger charge is -2.27. The third-order valence-electron chi connectivity index (χ3n) is 4.49. The molecule has 0 saturated heterocycles. The van der Waals surface area contributed by atoms with Gasteiger partial charge in [-0.05, 0) is 42.6 Å². The molecule has 1 heterocycles. The molecule has 0 radical (unpaired) electrons. The highest BCUT2D eigenvalue weighted by Gasteiger charge is 2.21. The van der Waals surface area contributed by atoms with E-state index in [1.807, 2.05) is 0 Å². The molecule has 2 rings (SSSR count). The Labute approximate surface area is 128 Å². The van der Waals surface area contributed by atoms with Gasteiger partial charge in [-0.3, -0.25) is 0 Å². The Hall–Kier alpha value is -1.22. The normalized spacial score (nSPS) is 17.7. The molecule has 0 aromatic heterocycles. The maximum atomic E-state index is 9.71. The zero-order chi connectivity index (χ0) is 15.1. The zero-order valence-electron chi connectivity index (χ0n) is 13.2. The van der Waals surface area contributed by atoms with Crippen LogP contribution in [0.2, 0.25) is 0 Å². The molecule has 0 aliphatic carbocycles. The van der Waals surface area contributed by atoms with Gasteiger partial charge in [-0.2, -0.15) is 0 Å². The smallest absolute Gasteiger partial charge is 0.157 e. The van der Waals surface area contributed by atoms with Crippen LogP contribution in [0.3, 0.4) is 0 Å². The van der Waals surface area contributed by atoms with Crippen molar-refractivity contribution in [3.8, 4) is 11.5 Å². The van der Waals surface area contributed by atoms with E-state index in [9.17, 15) is 10.2 Å². The Balaban J connectivity index is 1.79. The summed E-state index contributed by atoms with van der Waals surface area (Å²) in [7, 11) is 0. The summed E-state index contributed by atoms with van der Waals surface area (Å²) in [6.45, 7) is 3.21. The van der Waals surface area contributed by atoms with E-state index in [2.05, 4.69) is 12.2 Å². The summed E-state index contributed by atoms with van der Waals surface area (Å²) in [4.78, 5) is 0. The largest absolute Gasteiger partial charge is 0.504 e. The SMILES string of the molecule is CCCCCCCCCC1NCCc2cc(O)c(O)cc21. The molecular weight excluding hydrogens is 262 g/mol. The summed E-state index contributed by atoms with van der Waals surface area (Å²) in [6.07, 6.45) is 11.3. The Morgan fingerprint density at radius 2 is 1.67 bits per heavy atom. The van der Waals surface area contributed by atoms with Crippen LogP contribution in [0, 0.1) is 0 Å². The standard InChI is InChI=1S/C18H29NO2/c1-2-3-4-5-6-7-8-9-16-15-13-18(21)17(20)12-14(15)10-11-19-16/h12-13,16,19-21H,2-11H2,1H3. The highest BCUT2D eigenvalue weighted by Crippen LogP contribution is 2.35. The van der Waals surface area contributed by atoms with Gasteiger partial charge in [0.05, 0.1) is 0 Å². The molecule has 0 amide bonds. The first-order valence-corrected chi connectivity index (χ1v) is 8.50. The molecule has 1 aromatic carbocycles. The fraction of sp³-hybridized carbons (Fsp3) is 0.667. The van der Waals surface area contributed by atoms with Crippen LogP contribution in [0.1, 0.15) is 75.5 Å². The number of fused-ring (bicyclic) bond motifs is 1. The summed E-state index contributed by atoms with van der Waals surface area (Å²) >= 11 is 0. The van der Waals surface area contributed by atoms with Gasteiger partial charge >= 0.3 is 0 Å². The summed E-state index contributed by atoms with van der Waals surface area (Å²) in [6, 6.07) is 3.79.